The molecule has 0 aliphatic rings. The zero-order valence-electron chi connectivity index (χ0n) is 12.3. The number of nitrogens with zero attached hydrogens (tertiary/aromatic N) is 1. The van der Waals surface area contributed by atoms with Crippen LogP contribution in [0.1, 0.15) is 5.56 Å². The summed E-state index contributed by atoms with van der Waals surface area (Å²) in [4.78, 5) is 16.5. The lowest BCUT2D eigenvalue weighted by Gasteiger charge is -2.05. The number of anilines is 2. The number of hydrogen-bond donors (Lipinski definition) is 2. The van der Waals surface area contributed by atoms with Crippen LogP contribution in [0.5, 0.6) is 0 Å². The smallest absolute Gasteiger partial charge is 0.308 e. The second-order valence-corrected chi connectivity index (χ2v) is 7.09. The van der Waals surface area contributed by atoms with Crippen molar-refractivity contribution in [1.29, 1.82) is 0 Å². The second-order valence-electron chi connectivity index (χ2n) is 4.99. The Morgan fingerprint density at radius 1 is 1.04 bits per heavy atom. The van der Waals surface area contributed by atoms with Crippen LogP contribution >= 0.6 is 33.9 Å². The summed E-state index contributed by atoms with van der Waals surface area (Å²) >= 11 is 3.67. The summed E-state index contributed by atoms with van der Waals surface area (Å²) in [6.07, 6.45) is 0. The van der Waals surface area contributed by atoms with Gasteiger partial charge in [-0.2, -0.15) is 0 Å². The Morgan fingerprint density at radius 3 is 2.43 bits per heavy atom. The lowest BCUT2D eigenvalue weighted by atomic mass is 10.2. The molecule has 0 bridgehead atoms. The van der Waals surface area contributed by atoms with Gasteiger partial charge in [-0.3, -0.25) is 5.32 Å². The van der Waals surface area contributed by atoms with Gasteiger partial charge in [0, 0.05) is 20.2 Å². The minimum atomic E-state index is -0.294. The van der Waals surface area contributed by atoms with Crippen molar-refractivity contribution in [3.63, 3.8) is 0 Å². The largest absolute Gasteiger partial charge is 0.325 e. The van der Waals surface area contributed by atoms with Gasteiger partial charge in [-0.1, -0.05) is 29.8 Å². The summed E-state index contributed by atoms with van der Waals surface area (Å²) in [6, 6.07) is 15.5. The summed E-state index contributed by atoms with van der Waals surface area (Å²) in [7, 11) is 0. The van der Waals surface area contributed by atoms with Gasteiger partial charge in [0.2, 0.25) is 0 Å². The van der Waals surface area contributed by atoms with Gasteiger partial charge in [0.25, 0.3) is 0 Å². The number of rotatable bonds is 3. The van der Waals surface area contributed by atoms with Gasteiger partial charge in [-0.05, 0) is 53.8 Å². The Balaban J connectivity index is 1.65. The van der Waals surface area contributed by atoms with E-state index in [1.54, 1.807) is 0 Å². The van der Waals surface area contributed by atoms with E-state index in [1.807, 2.05) is 60.8 Å². The van der Waals surface area contributed by atoms with Gasteiger partial charge in [-0.25, -0.2) is 9.78 Å². The molecule has 0 saturated carbocycles. The van der Waals surface area contributed by atoms with E-state index in [2.05, 4.69) is 38.2 Å². The molecule has 116 valence electrons. The molecule has 0 radical (unpaired) electrons. The number of nitrogens with one attached hydrogen (secondary N) is 2. The summed E-state index contributed by atoms with van der Waals surface area (Å²) in [5.74, 6) is 0. The molecule has 0 fully saturated rings. The summed E-state index contributed by atoms with van der Waals surface area (Å²) < 4.78 is 1.18. The lowest BCUT2D eigenvalue weighted by Crippen LogP contribution is -2.19. The number of carbonyl (C=O) groups is 1. The maximum absolute atomic E-state index is 12.0. The molecule has 1 heterocycles. The first-order chi connectivity index (χ1) is 11.1. The molecule has 2 N–H and O–H groups in total. The van der Waals surface area contributed by atoms with Crippen LogP contribution in [0.25, 0.3) is 11.3 Å². The molecule has 0 spiro atoms. The Hall–Kier alpha value is -1.93. The Labute approximate surface area is 152 Å². The van der Waals surface area contributed by atoms with Crippen LogP contribution in [0.4, 0.5) is 15.6 Å². The fraction of sp³-hybridized carbons (Fsp3) is 0.0588. The van der Waals surface area contributed by atoms with Crippen LogP contribution in [0.3, 0.4) is 0 Å². The monoisotopic (exact) mass is 435 g/mol. The van der Waals surface area contributed by atoms with Gasteiger partial charge in [0.15, 0.2) is 5.13 Å². The van der Waals surface area contributed by atoms with E-state index >= 15 is 0 Å². The van der Waals surface area contributed by atoms with Crippen molar-refractivity contribution in [1.82, 2.24) is 4.98 Å². The summed E-state index contributed by atoms with van der Waals surface area (Å²) in [5, 5.41) is 8.06. The molecule has 0 aliphatic carbocycles. The number of thiazole rings is 1. The average molecular weight is 435 g/mol. The average Bonchev–Trinajstić information content (AvgIpc) is 2.98. The van der Waals surface area contributed by atoms with E-state index in [-0.39, 0.29) is 6.03 Å². The van der Waals surface area contributed by atoms with Crippen molar-refractivity contribution in [2.24, 2.45) is 0 Å². The Kier molecular flexibility index (Phi) is 4.92. The molecule has 1 aromatic heterocycles. The van der Waals surface area contributed by atoms with Gasteiger partial charge in [0.05, 0.1) is 5.69 Å². The van der Waals surface area contributed by atoms with Crippen LogP contribution in [0, 0.1) is 10.5 Å². The van der Waals surface area contributed by atoms with E-state index < -0.39 is 0 Å². The molecule has 4 nitrogen and oxygen atoms in total. The van der Waals surface area contributed by atoms with E-state index in [9.17, 15) is 4.79 Å². The van der Waals surface area contributed by atoms with Crippen LogP contribution in [-0.4, -0.2) is 11.0 Å². The molecule has 3 rings (SSSR count). The normalized spacial score (nSPS) is 10.3. The highest BCUT2D eigenvalue weighted by atomic mass is 127. The van der Waals surface area contributed by atoms with Crippen molar-refractivity contribution >= 4 is 50.8 Å². The minimum Gasteiger partial charge on any atom is -0.308 e. The molecule has 6 heteroatoms. The predicted octanol–water partition coefficient (Wildman–Crippen LogP) is 5.37. The fourth-order valence-electron chi connectivity index (χ4n) is 1.98. The highest BCUT2D eigenvalue weighted by Crippen LogP contribution is 2.25. The van der Waals surface area contributed by atoms with E-state index in [1.165, 1.54) is 14.9 Å². The third kappa shape index (κ3) is 4.29. The molecule has 23 heavy (non-hydrogen) atoms. The maximum atomic E-state index is 12.0. The van der Waals surface area contributed by atoms with E-state index in [4.69, 9.17) is 0 Å². The number of hydrogen-bond acceptors (Lipinski definition) is 3. The van der Waals surface area contributed by atoms with Gasteiger partial charge in [-0.15, -0.1) is 11.3 Å². The number of halogens is 1. The standard InChI is InChI=1S/C17H14IN3OS/c1-11-2-8-14(9-3-11)19-16(22)21-17-20-15(10-23-17)12-4-6-13(18)7-5-12/h2-10H,1H3,(H2,19,20,21,22). The number of benzene rings is 2. The lowest BCUT2D eigenvalue weighted by molar-refractivity contribution is 0.262. The first-order valence-electron chi connectivity index (χ1n) is 6.96. The summed E-state index contributed by atoms with van der Waals surface area (Å²) in [6.45, 7) is 2.01. The zero-order chi connectivity index (χ0) is 16.2. The first kappa shape index (κ1) is 15.9. The first-order valence-corrected chi connectivity index (χ1v) is 8.92. The molecule has 0 aliphatic heterocycles. The van der Waals surface area contributed by atoms with Gasteiger partial charge < -0.3 is 5.32 Å². The summed E-state index contributed by atoms with van der Waals surface area (Å²) in [5.41, 5.74) is 3.80. The number of aryl methyl sites for hydroxylation is 1. The number of urea groups is 1. The fourth-order valence-corrected chi connectivity index (χ4v) is 3.06. The highest BCUT2D eigenvalue weighted by Gasteiger charge is 2.08. The number of amides is 2. The molecular formula is C17H14IN3OS. The third-order valence-corrected chi connectivity index (χ3v) is 4.65. The zero-order valence-corrected chi connectivity index (χ0v) is 15.3. The molecule has 3 aromatic rings. The predicted molar refractivity (Wildman–Crippen MR) is 104 cm³/mol. The third-order valence-electron chi connectivity index (χ3n) is 3.17. The van der Waals surface area contributed by atoms with Crippen molar-refractivity contribution in [3.05, 3.63) is 63.0 Å². The minimum absolute atomic E-state index is 0.294. The second kappa shape index (κ2) is 7.10. The highest BCUT2D eigenvalue weighted by molar-refractivity contribution is 14.1. The van der Waals surface area contributed by atoms with Crippen molar-refractivity contribution in [2.45, 2.75) is 6.92 Å². The number of carbonyl (C=O) groups excluding carboxylic acids is 1. The SMILES string of the molecule is Cc1ccc(NC(=O)Nc2nc(-c3ccc(I)cc3)cs2)cc1. The van der Waals surface area contributed by atoms with Crippen molar-refractivity contribution in [3.8, 4) is 11.3 Å². The van der Waals surface area contributed by atoms with Crippen LogP contribution in [-0.2, 0) is 0 Å². The van der Waals surface area contributed by atoms with Crippen LogP contribution in [0.15, 0.2) is 53.9 Å². The maximum Gasteiger partial charge on any atom is 0.325 e. The molecule has 2 amide bonds. The van der Waals surface area contributed by atoms with Crippen molar-refractivity contribution in [2.75, 3.05) is 10.6 Å². The molecule has 0 saturated heterocycles. The van der Waals surface area contributed by atoms with E-state index in [0.29, 0.717) is 5.13 Å². The van der Waals surface area contributed by atoms with Crippen molar-refractivity contribution < 1.29 is 4.79 Å². The Morgan fingerprint density at radius 2 is 1.74 bits per heavy atom. The quantitative estimate of drug-likeness (QED) is 0.544. The molecule has 0 unspecified atom stereocenters. The number of aromatic nitrogens is 1. The van der Waals surface area contributed by atoms with Gasteiger partial charge in [0.1, 0.15) is 0 Å². The van der Waals surface area contributed by atoms with E-state index in [0.717, 1.165) is 22.5 Å². The molecule has 0 atom stereocenters. The van der Waals surface area contributed by atoms with Crippen LogP contribution < -0.4 is 10.6 Å². The van der Waals surface area contributed by atoms with Gasteiger partial charge >= 0.3 is 6.03 Å². The molecule has 2 aromatic carbocycles. The molecular weight excluding hydrogens is 421 g/mol. The Bertz CT molecular complexity index is 813. The van der Waals surface area contributed by atoms with Crippen LogP contribution in [0.2, 0.25) is 0 Å². The topological polar surface area (TPSA) is 54.0 Å².